The van der Waals surface area contributed by atoms with E-state index in [1.165, 1.54) is 4.90 Å². The molecule has 0 radical (unpaired) electrons. The Morgan fingerprint density at radius 3 is 2.53 bits per heavy atom. The molecule has 0 aromatic carbocycles. The van der Waals surface area contributed by atoms with Crippen LogP contribution in [-0.4, -0.2) is 36.0 Å². The largest absolute Gasteiger partial charge is 0.362 e. The third-order valence-corrected chi connectivity index (χ3v) is 2.97. The molecule has 5 nitrogen and oxygen atoms in total. The Hall–Kier alpha value is -1.41. The van der Waals surface area contributed by atoms with Gasteiger partial charge in [0.2, 0.25) is 0 Å². The molecule has 2 fully saturated rings. The number of hydrogen-bond acceptors (Lipinski definition) is 4. The van der Waals surface area contributed by atoms with Gasteiger partial charge in [-0.2, -0.15) is 5.26 Å². The van der Waals surface area contributed by atoms with Gasteiger partial charge in [-0.1, -0.05) is 0 Å². The van der Waals surface area contributed by atoms with Crippen LogP contribution in [0.4, 0.5) is 0 Å². The minimum atomic E-state index is -0.307. The molecule has 1 saturated carbocycles. The van der Waals surface area contributed by atoms with Gasteiger partial charge in [0.15, 0.2) is 0 Å². The second-order valence-electron chi connectivity index (χ2n) is 3.88. The number of nitrogens with zero attached hydrogens (tertiary/aromatic N) is 2. The van der Waals surface area contributed by atoms with E-state index in [2.05, 4.69) is 6.07 Å². The van der Waals surface area contributed by atoms with Crippen LogP contribution in [0.5, 0.6) is 0 Å². The first-order valence-electron chi connectivity index (χ1n) is 5.06. The molecule has 1 saturated heterocycles. The molecule has 2 unspecified atom stereocenters. The number of imide groups is 1. The first kappa shape index (κ1) is 10.1. The molecule has 0 N–H and O–H groups in total. The van der Waals surface area contributed by atoms with E-state index in [0.717, 1.165) is 19.3 Å². The highest BCUT2D eigenvalue weighted by Crippen LogP contribution is 2.30. The van der Waals surface area contributed by atoms with Gasteiger partial charge < -0.3 is 4.74 Å². The normalized spacial score (nSPS) is 31.8. The molecule has 1 aliphatic carbocycles. The maximum absolute atomic E-state index is 11.5. The molecular weight excluding hydrogens is 196 g/mol. The Balaban J connectivity index is 2.17. The highest BCUT2D eigenvalue weighted by atomic mass is 16.5. The summed E-state index contributed by atoms with van der Waals surface area (Å²) in [5.41, 5.74) is 0. The van der Waals surface area contributed by atoms with Crippen LogP contribution in [0.2, 0.25) is 0 Å². The monoisotopic (exact) mass is 208 g/mol. The van der Waals surface area contributed by atoms with Gasteiger partial charge in [0.05, 0.1) is 18.0 Å². The van der Waals surface area contributed by atoms with Crippen LogP contribution >= 0.6 is 0 Å². The first-order chi connectivity index (χ1) is 7.24. The average Bonchev–Trinajstić information content (AvgIpc) is 2.65. The maximum Gasteiger partial charge on any atom is 0.255 e. The highest BCUT2D eigenvalue weighted by molar-refractivity contribution is 5.98. The fraction of sp³-hybridized carbons (Fsp3) is 0.700. The van der Waals surface area contributed by atoms with Crippen LogP contribution in [0.3, 0.4) is 0 Å². The minimum Gasteiger partial charge on any atom is -0.362 e. The Kier molecular flexibility index (Phi) is 2.69. The summed E-state index contributed by atoms with van der Waals surface area (Å²) in [6.45, 7) is -0.0826. The van der Waals surface area contributed by atoms with Gasteiger partial charge in [-0.05, 0) is 19.3 Å². The highest BCUT2D eigenvalue weighted by Gasteiger charge is 2.40. The van der Waals surface area contributed by atoms with E-state index >= 15 is 0 Å². The number of nitriles is 1. The molecule has 2 rings (SSSR count). The molecule has 0 aromatic rings. The number of hydrogen-bond donors (Lipinski definition) is 0. The number of carbonyl (C=O) groups is 2. The lowest BCUT2D eigenvalue weighted by Gasteiger charge is -2.31. The Labute approximate surface area is 87.6 Å². The fourth-order valence-corrected chi connectivity index (χ4v) is 2.27. The lowest BCUT2D eigenvalue weighted by molar-refractivity contribution is -0.162. The van der Waals surface area contributed by atoms with Crippen molar-refractivity contribution in [2.75, 3.05) is 13.2 Å². The number of amides is 2. The van der Waals surface area contributed by atoms with Crippen molar-refractivity contribution in [2.45, 2.75) is 25.3 Å². The summed E-state index contributed by atoms with van der Waals surface area (Å²) >= 11 is 0. The van der Waals surface area contributed by atoms with Gasteiger partial charge in [0.25, 0.3) is 11.8 Å². The van der Waals surface area contributed by atoms with Gasteiger partial charge in [-0.25, -0.2) is 0 Å². The SMILES string of the molecule is N#CC1CCCC1N1C(=O)COCC1=O. The summed E-state index contributed by atoms with van der Waals surface area (Å²) < 4.78 is 4.83. The molecule has 80 valence electrons. The van der Waals surface area contributed by atoms with Crippen molar-refractivity contribution < 1.29 is 14.3 Å². The summed E-state index contributed by atoms with van der Waals surface area (Å²) in [5.74, 6) is -0.812. The van der Waals surface area contributed by atoms with E-state index in [0.29, 0.717) is 0 Å². The first-order valence-corrected chi connectivity index (χ1v) is 5.06. The van der Waals surface area contributed by atoms with Crippen molar-refractivity contribution >= 4 is 11.8 Å². The van der Waals surface area contributed by atoms with Gasteiger partial charge >= 0.3 is 0 Å². The minimum absolute atomic E-state index is 0.0413. The molecule has 2 amide bonds. The van der Waals surface area contributed by atoms with Gasteiger partial charge in [-0.15, -0.1) is 0 Å². The van der Waals surface area contributed by atoms with Crippen molar-refractivity contribution in [3.63, 3.8) is 0 Å². The Morgan fingerprint density at radius 1 is 1.27 bits per heavy atom. The van der Waals surface area contributed by atoms with Crippen molar-refractivity contribution in [3.05, 3.63) is 0 Å². The molecule has 2 aliphatic rings. The zero-order valence-corrected chi connectivity index (χ0v) is 8.31. The molecule has 5 heteroatoms. The van der Waals surface area contributed by atoms with E-state index in [4.69, 9.17) is 10.00 Å². The molecular formula is C10H12N2O3. The zero-order valence-electron chi connectivity index (χ0n) is 8.31. The van der Waals surface area contributed by atoms with Gasteiger partial charge in [0.1, 0.15) is 13.2 Å². The van der Waals surface area contributed by atoms with E-state index < -0.39 is 0 Å². The predicted octanol–water partition coefficient (Wildman–Crippen LogP) is 0.0641. The summed E-state index contributed by atoms with van der Waals surface area (Å²) in [6, 6.07) is 1.94. The summed E-state index contributed by atoms with van der Waals surface area (Å²) in [4.78, 5) is 24.3. The van der Waals surface area contributed by atoms with Crippen LogP contribution in [0, 0.1) is 17.2 Å². The molecule has 2 atom stereocenters. The Bertz CT molecular complexity index is 318. The average molecular weight is 208 g/mol. The second-order valence-corrected chi connectivity index (χ2v) is 3.88. The van der Waals surface area contributed by atoms with Crippen molar-refractivity contribution in [3.8, 4) is 6.07 Å². The van der Waals surface area contributed by atoms with E-state index in [1.54, 1.807) is 0 Å². The quantitative estimate of drug-likeness (QED) is 0.571. The van der Waals surface area contributed by atoms with E-state index in [-0.39, 0.29) is 37.0 Å². The fourth-order valence-electron chi connectivity index (χ4n) is 2.27. The smallest absolute Gasteiger partial charge is 0.255 e. The summed E-state index contributed by atoms with van der Waals surface area (Å²) in [6.07, 6.45) is 2.43. The van der Waals surface area contributed by atoms with Crippen LogP contribution < -0.4 is 0 Å². The standard InChI is InChI=1S/C10H12N2O3/c11-4-7-2-1-3-8(7)12-9(13)5-15-6-10(12)14/h7-8H,1-3,5-6H2. The van der Waals surface area contributed by atoms with Crippen LogP contribution in [0.15, 0.2) is 0 Å². The molecule has 0 bridgehead atoms. The van der Waals surface area contributed by atoms with E-state index in [9.17, 15) is 9.59 Å². The number of carbonyl (C=O) groups excluding carboxylic acids is 2. The van der Waals surface area contributed by atoms with Gasteiger partial charge in [0, 0.05) is 0 Å². The lowest BCUT2D eigenvalue weighted by Crippen LogP contribution is -2.52. The van der Waals surface area contributed by atoms with Crippen LogP contribution in [0.25, 0.3) is 0 Å². The third kappa shape index (κ3) is 1.73. The lowest BCUT2D eigenvalue weighted by atomic mass is 10.0. The van der Waals surface area contributed by atoms with E-state index in [1.807, 2.05) is 0 Å². The van der Waals surface area contributed by atoms with Crippen molar-refractivity contribution in [1.82, 2.24) is 4.90 Å². The molecule has 0 aromatic heterocycles. The van der Waals surface area contributed by atoms with Crippen LogP contribution in [-0.2, 0) is 14.3 Å². The summed E-state index contributed by atoms with van der Waals surface area (Å²) in [7, 11) is 0. The van der Waals surface area contributed by atoms with Gasteiger partial charge in [-0.3, -0.25) is 14.5 Å². The maximum atomic E-state index is 11.5. The van der Waals surface area contributed by atoms with Crippen molar-refractivity contribution in [2.24, 2.45) is 5.92 Å². The topological polar surface area (TPSA) is 70.4 Å². The zero-order chi connectivity index (χ0) is 10.8. The third-order valence-electron chi connectivity index (χ3n) is 2.97. The number of rotatable bonds is 1. The molecule has 0 spiro atoms. The number of ether oxygens (including phenoxy) is 1. The summed E-state index contributed by atoms with van der Waals surface area (Å²) in [5, 5.41) is 8.91. The van der Waals surface area contributed by atoms with Crippen LogP contribution in [0.1, 0.15) is 19.3 Å². The van der Waals surface area contributed by atoms with Crippen molar-refractivity contribution in [1.29, 1.82) is 5.26 Å². The predicted molar refractivity (Wildman–Crippen MR) is 49.4 cm³/mol. The second kappa shape index (κ2) is 3.99. The Morgan fingerprint density at radius 2 is 1.93 bits per heavy atom. The molecule has 1 heterocycles. The number of morpholine rings is 1. The molecule has 15 heavy (non-hydrogen) atoms. The molecule has 1 aliphatic heterocycles.